The molecule has 1 saturated heterocycles. The second-order valence-electron chi connectivity index (χ2n) is 9.76. The molecule has 39 heavy (non-hydrogen) atoms. The Morgan fingerprint density at radius 2 is 2.13 bits per heavy atom. The quantitative estimate of drug-likeness (QED) is 0.369. The van der Waals surface area contributed by atoms with Gasteiger partial charge in [-0.2, -0.15) is 4.99 Å². The first-order valence-corrected chi connectivity index (χ1v) is 13.6. The molecule has 202 valence electrons. The fourth-order valence-electron chi connectivity index (χ4n) is 4.84. The van der Waals surface area contributed by atoms with E-state index in [9.17, 15) is 8.68 Å². The van der Waals surface area contributed by atoms with Crippen LogP contribution in [-0.4, -0.2) is 47.9 Å². The molecule has 1 aliphatic carbocycles. The number of aromatic nitrogens is 1. The molecule has 1 amide bonds. The van der Waals surface area contributed by atoms with Crippen LogP contribution in [0.4, 0.5) is 21.1 Å². The van der Waals surface area contributed by atoms with Crippen LogP contribution in [-0.2, 0) is 16.0 Å². The van der Waals surface area contributed by atoms with Gasteiger partial charge < -0.3 is 20.3 Å². The fourth-order valence-corrected chi connectivity index (χ4v) is 5.17. The molecule has 0 spiro atoms. The first-order chi connectivity index (χ1) is 19.0. The Morgan fingerprint density at radius 3 is 2.92 bits per heavy atom. The molecule has 3 aliphatic rings. The lowest BCUT2D eigenvalue weighted by atomic mass is 9.77. The Morgan fingerprint density at radius 1 is 1.28 bits per heavy atom. The van der Waals surface area contributed by atoms with E-state index >= 15 is 0 Å². The molecule has 8 nitrogen and oxygen atoms in total. The monoisotopic (exact) mass is 546 g/mol. The van der Waals surface area contributed by atoms with Crippen LogP contribution < -0.4 is 15.5 Å². The zero-order valence-electron chi connectivity index (χ0n) is 21.8. The summed E-state index contributed by atoms with van der Waals surface area (Å²) >= 11 is 0.113. The van der Waals surface area contributed by atoms with Gasteiger partial charge in [0.25, 0.3) is 0 Å². The molecule has 0 bridgehead atoms. The Hall–Kier alpha value is -3.85. The molecule has 1 fully saturated rings. The minimum Gasteiger partial charge on any atom is -0.378 e. The molecule has 1 aromatic heterocycles. The summed E-state index contributed by atoms with van der Waals surface area (Å²) in [6, 6.07) is 10.00. The van der Waals surface area contributed by atoms with Crippen molar-refractivity contribution in [3.05, 3.63) is 84.4 Å². The van der Waals surface area contributed by atoms with Crippen molar-refractivity contribution in [2.75, 3.05) is 36.5 Å². The van der Waals surface area contributed by atoms with Crippen molar-refractivity contribution in [3.8, 4) is 0 Å². The number of carbonyl (C=O) groups is 1. The van der Waals surface area contributed by atoms with E-state index in [2.05, 4.69) is 53.0 Å². The molecule has 1 aromatic carbocycles. The molecule has 5 rings (SSSR count). The van der Waals surface area contributed by atoms with Crippen LogP contribution in [0.25, 0.3) is 0 Å². The molecule has 1 atom stereocenters. The Balaban J connectivity index is 1.46. The van der Waals surface area contributed by atoms with Crippen molar-refractivity contribution >= 4 is 47.1 Å². The predicted octanol–water partition coefficient (Wildman–Crippen LogP) is 5.50. The minimum atomic E-state index is -0.451. The highest BCUT2D eigenvalue weighted by molar-refractivity contribution is 7.92. The summed E-state index contributed by atoms with van der Waals surface area (Å²) in [6.45, 7) is 8.72. The van der Waals surface area contributed by atoms with Gasteiger partial charge in [-0.15, -0.1) is 3.89 Å². The van der Waals surface area contributed by atoms with Gasteiger partial charge in [-0.05, 0) is 49.3 Å². The van der Waals surface area contributed by atoms with Crippen molar-refractivity contribution in [1.29, 1.82) is 0 Å². The smallest absolute Gasteiger partial charge is 0.247 e. The van der Waals surface area contributed by atoms with Crippen LogP contribution in [0.5, 0.6) is 0 Å². The Kier molecular flexibility index (Phi) is 8.16. The average molecular weight is 547 g/mol. The second-order valence-corrected chi connectivity index (χ2v) is 10.3. The number of halogens is 1. The molecule has 2 N–H and O–H groups in total. The summed E-state index contributed by atoms with van der Waals surface area (Å²) in [6.07, 6.45) is 10.5. The largest absolute Gasteiger partial charge is 0.378 e. The lowest BCUT2D eigenvalue weighted by Gasteiger charge is -2.29. The van der Waals surface area contributed by atoms with E-state index in [1.54, 1.807) is 12.3 Å². The van der Waals surface area contributed by atoms with E-state index in [4.69, 9.17) is 14.7 Å². The summed E-state index contributed by atoms with van der Waals surface area (Å²) in [5.41, 5.74) is 7.08. The summed E-state index contributed by atoms with van der Waals surface area (Å²) < 4.78 is 20.7. The topological polar surface area (TPSA) is 83.2 Å². The Bertz CT molecular complexity index is 1410. The Labute approximate surface area is 232 Å². The first-order valence-electron chi connectivity index (χ1n) is 12.9. The number of benzene rings is 1. The van der Waals surface area contributed by atoms with Gasteiger partial charge in [0.05, 0.1) is 18.9 Å². The van der Waals surface area contributed by atoms with Crippen molar-refractivity contribution in [2.45, 2.75) is 26.2 Å². The van der Waals surface area contributed by atoms with Gasteiger partial charge in [0.2, 0.25) is 11.9 Å². The summed E-state index contributed by atoms with van der Waals surface area (Å²) in [5.74, 6) is 0.640. The number of amides is 1. The molecular formula is C29H31FN6O2S. The predicted molar refractivity (Wildman–Crippen MR) is 156 cm³/mol. The molecular weight excluding hydrogens is 515 g/mol. The fraction of sp³-hybridized carbons (Fsp3) is 0.310. The molecule has 0 radical (unpaired) electrons. The van der Waals surface area contributed by atoms with Gasteiger partial charge in [-0.3, -0.25) is 4.79 Å². The van der Waals surface area contributed by atoms with Crippen molar-refractivity contribution in [1.82, 2.24) is 9.29 Å². The summed E-state index contributed by atoms with van der Waals surface area (Å²) in [7, 11) is 0. The van der Waals surface area contributed by atoms with Crippen molar-refractivity contribution in [3.63, 3.8) is 0 Å². The molecule has 2 aliphatic heterocycles. The van der Waals surface area contributed by atoms with Crippen molar-refractivity contribution in [2.24, 2.45) is 15.4 Å². The maximum absolute atomic E-state index is 13.8. The number of hydrogen-bond acceptors (Lipinski definition) is 7. The number of guanidine groups is 1. The average Bonchev–Trinajstić information content (AvgIpc) is 3.23. The third-order valence-corrected chi connectivity index (χ3v) is 7.54. The highest BCUT2D eigenvalue weighted by atomic mass is 32.2. The van der Waals surface area contributed by atoms with Crippen LogP contribution in [0.15, 0.2) is 88.8 Å². The highest BCUT2D eigenvalue weighted by Gasteiger charge is 2.32. The SMILES string of the molecule is C=CC(=O)NC1=C=C/C=C\C(C)(C2=NC(Nc3cccc(N4CCOCC4)c3)=Nc3c(ccn3SF)C2)CC1. The van der Waals surface area contributed by atoms with Crippen LogP contribution in [0.3, 0.4) is 0 Å². The highest BCUT2D eigenvalue weighted by Crippen LogP contribution is 2.36. The molecule has 0 saturated carbocycles. The summed E-state index contributed by atoms with van der Waals surface area (Å²) in [4.78, 5) is 23.9. The number of ether oxygens (including phenoxy) is 1. The van der Waals surface area contributed by atoms with Crippen LogP contribution in [0, 0.1) is 5.41 Å². The van der Waals surface area contributed by atoms with E-state index in [1.807, 2.05) is 24.3 Å². The number of nitrogens with one attached hydrogen (secondary N) is 2. The van der Waals surface area contributed by atoms with Crippen LogP contribution in [0.2, 0.25) is 0 Å². The van der Waals surface area contributed by atoms with Gasteiger partial charge in [0, 0.05) is 53.8 Å². The van der Waals surface area contributed by atoms with E-state index in [0.29, 0.717) is 50.0 Å². The number of fused-ring (bicyclic) bond motifs is 1. The number of anilines is 2. The molecule has 10 heteroatoms. The number of aliphatic imine (C=N–C) groups is 2. The van der Waals surface area contributed by atoms with E-state index in [-0.39, 0.29) is 18.2 Å². The third kappa shape index (κ3) is 6.25. The van der Waals surface area contributed by atoms with Crippen LogP contribution in [0.1, 0.15) is 25.3 Å². The normalized spacial score (nSPS) is 21.8. The van der Waals surface area contributed by atoms with Gasteiger partial charge in [-0.25, -0.2) is 8.96 Å². The van der Waals surface area contributed by atoms with E-state index in [0.717, 1.165) is 35.7 Å². The second kappa shape index (κ2) is 11.9. The molecule has 1 unspecified atom stereocenters. The number of hydrogen-bond donors (Lipinski definition) is 2. The van der Waals surface area contributed by atoms with E-state index < -0.39 is 5.41 Å². The number of rotatable bonds is 6. The maximum Gasteiger partial charge on any atom is 0.247 e. The van der Waals surface area contributed by atoms with Gasteiger partial charge >= 0.3 is 0 Å². The van der Waals surface area contributed by atoms with Gasteiger partial charge in [0.15, 0.2) is 18.2 Å². The first kappa shape index (κ1) is 26.7. The number of allylic oxidation sites excluding steroid dienone is 3. The van der Waals surface area contributed by atoms with Gasteiger partial charge in [0.1, 0.15) is 0 Å². The zero-order valence-corrected chi connectivity index (χ0v) is 22.6. The molecule has 2 aromatic rings. The number of morpholine rings is 1. The molecule has 3 heterocycles. The number of nitrogens with zero attached hydrogens (tertiary/aromatic N) is 4. The lowest BCUT2D eigenvalue weighted by molar-refractivity contribution is -0.115. The maximum atomic E-state index is 13.8. The standard InChI is InChI=1S/C29H31FN6O2S/c1-3-26(37)31-22-7-4-5-12-29(2,13-10-22)25-19-21-11-14-36(39-30)27(21)34-28(33-25)32-23-8-6-9-24(20-23)35-15-17-38-18-16-35/h3-6,8-9,11-12,14,20H,1,10,13,15-19H2,2H3,(H,31,37)(H,32,34)/b12-5-. The van der Waals surface area contributed by atoms with Gasteiger partial charge in [-0.1, -0.05) is 37.5 Å². The third-order valence-electron chi connectivity index (χ3n) is 7.10. The van der Waals surface area contributed by atoms with Crippen molar-refractivity contribution < 1.29 is 13.4 Å². The zero-order chi connectivity index (χ0) is 27.2. The number of carbonyl (C=O) groups excluding carboxylic acids is 1. The van der Waals surface area contributed by atoms with Crippen LogP contribution >= 0.6 is 12.3 Å². The minimum absolute atomic E-state index is 0.113. The van der Waals surface area contributed by atoms with E-state index in [1.165, 1.54) is 10.0 Å². The summed E-state index contributed by atoms with van der Waals surface area (Å²) in [5, 5.41) is 6.22. The lowest BCUT2D eigenvalue weighted by Crippen LogP contribution is -2.36.